The molecule has 3 aromatic rings. The number of pyridine rings is 2. The average molecular weight is 378 g/mol. The topological polar surface area (TPSA) is 107 Å². The maximum absolute atomic E-state index is 11.9. The van der Waals surface area contributed by atoms with Crippen molar-refractivity contribution < 1.29 is 14.5 Å². The number of carbonyl (C=O) groups is 1. The Balaban J connectivity index is 1.79. The molecular formula is C20H18N4O4. The highest BCUT2D eigenvalue weighted by molar-refractivity contribution is 5.97. The van der Waals surface area contributed by atoms with Crippen molar-refractivity contribution in [2.24, 2.45) is 0 Å². The summed E-state index contributed by atoms with van der Waals surface area (Å²) in [6, 6.07) is 12.3. The number of ether oxygens (including phenoxy) is 1. The Morgan fingerprint density at radius 3 is 2.64 bits per heavy atom. The second-order valence-electron chi connectivity index (χ2n) is 6.01. The van der Waals surface area contributed by atoms with Crippen molar-refractivity contribution >= 4 is 17.5 Å². The summed E-state index contributed by atoms with van der Waals surface area (Å²) in [6.45, 7) is 1.94. The SMILES string of the molecule is COC(=O)c1ccccc1-c1ccc(CNc2nccc(C)c2[N+](=O)[O-])nc1. The van der Waals surface area contributed by atoms with Crippen LogP contribution in [0.25, 0.3) is 11.1 Å². The molecule has 1 aromatic carbocycles. The fourth-order valence-corrected chi connectivity index (χ4v) is 2.80. The van der Waals surface area contributed by atoms with Gasteiger partial charge in [0.05, 0.1) is 29.8 Å². The number of methoxy groups -OCH3 is 1. The minimum absolute atomic E-state index is 0.0499. The molecule has 2 aromatic heterocycles. The molecule has 0 amide bonds. The lowest BCUT2D eigenvalue weighted by atomic mass is 10.0. The molecule has 2 heterocycles. The van der Waals surface area contributed by atoms with Crippen LogP contribution in [-0.4, -0.2) is 28.0 Å². The number of rotatable bonds is 6. The summed E-state index contributed by atoms with van der Waals surface area (Å²) < 4.78 is 4.82. The maximum Gasteiger partial charge on any atom is 0.338 e. The molecule has 0 spiro atoms. The van der Waals surface area contributed by atoms with Gasteiger partial charge in [0.2, 0.25) is 5.82 Å². The van der Waals surface area contributed by atoms with Gasteiger partial charge in [-0.2, -0.15) is 0 Å². The summed E-state index contributed by atoms with van der Waals surface area (Å²) in [5.41, 5.74) is 3.10. The van der Waals surface area contributed by atoms with Crippen LogP contribution in [0, 0.1) is 17.0 Å². The zero-order valence-electron chi connectivity index (χ0n) is 15.4. The number of nitro groups is 1. The first-order valence-electron chi connectivity index (χ1n) is 8.47. The van der Waals surface area contributed by atoms with Crippen molar-refractivity contribution in [1.82, 2.24) is 9.97 Å². The van der Waals surface area contributed by atoms with Crippen molar-refractivity contribution in [2.75, 3.05) is 12.4 Å². The van der Waals surface area contributed by atoms with Gasteiger partial charge < -0.3 is 10.1 Å². The van der Waals surface area contributed by atoms with Crippen LogP contribution in [0.3, 0.4) is 0 Å². The molecule has 0 saturated carbocycles. The number of nitrogens with one attached hydrogen (secondary N) is 1. The molecule has 8 nitrogen and oxygen atoms in total. The van der Waals surface area contributed by atoms with Crippen LogP contribution >= 0.6 is 0 Å². The Kier molecular flexibility index (Phi) is 5.59. The van der Waals surface area contributed by atoms with Gasteiger partial charge >= 0.3 is 11.7 Å². The summed E-state index contributed by atoms with van der Waals surface area (Å²) in [5, 5.41) is 14.2. The van der Waals surface area contributed by atoms with E-state index < -0.39 is 10.9 Å². The zero-order chi connectivity index (χ0) is 20.1. The van der Waals surface area contributed by atoms with Gasteiger partial charge in [-0.25, -0.2) is 9.78 Å². The summed E-state index contributed by atoms with van der Waals surface area (Å²) in [6.07, 6.45) is 3.17. The highest BCUT2D eigenvalue weighted by Crippen LogP contribution is 2.26. The Hall–Kier alpha value is -3.81. The third-order valence-corrected chi connectivity index (χ3v) is 4.21. The lowest BCUT2D eigenvalue weighted by molar-refractivity contribution is -0.384. The van der Waals surface area contributed by atoms with Crippen molar-refractivity contribution in [3.63, 3.8) is 0 Å². The zero-order valence-corrected chi connectivity index (χ0v) is 15.4. The molecule has 0 aliphatic rings. The van der Waals surface area contributed by atoms with Crippen LogP contribution in [0.2, 0.25) is 0 Å². The molecule has 0 bridgehead atoms. The molecule has 1 N–H and O–H groups in total. The van der Waals surface area contributed by atoms with E-state index in [4.69, 9.17) is 4.74 Å². The fraction of sp³-hybridized carbons (Fsp3) is 0.150. The van der Waals surface area contributed by atoms with Gasteiger partial charge in [0, 0.05) is 23.5 Å². The quantitative estimate of drug-likeness (QED) is 0.395. The van der Waals surface area contributed by atoms with Gasteiger partial charge in [-0.3, -0.25) is 15.1 Å². The van der Waals surface area contributed by atoms with E-state index >= 15 is 0 Å². The predicted molar refractivity (Wildman–Crippen MR) is 104 cm³/mol. The molecule has 8 heteroatoms. The minimum Gasteiger partial charge on any atom is -0.465 e. The predicted octanol–water partition coefficient (Wildman–Crippen LogP) is 3.76. The van der Waals surface area contributed by atoms with E-state index in [1.54, 1.807) is 37.4 Å². The second-order valence-corrected chi connectivity index (χ2v) is 6.01. The normalized spacial score (nSPS) is 10.4. The van der Waals surface area contributed by atoms with E-state index in [-0.39, 0.29) is 18.1 Å². The van der Waals surface area contributed by atoms with Crippen molar-refractivity contribution in [1.29, 1.82) is 0 Å². The van der Waals surface area contributed by atoms with E-state index in [2.05, 4.69) is 15.3 Å². The lowest BCUT2D eigenvalue weighted by Gasteiger charge is -2.09. The Morgan fingerprint density at radius 2 is 1.96 bits per heavy atom. The van der Waals surface area contributed by atoms with Gasteiger partial charge in [0.15, 0.2) is 0 Å². The number of benzene rings is 1. The second kappa shape index (κ2) is 8.26. The first-order valence-corrected chi connectivity index (χ1v) is 8.47. The smallest absolute Gasteiger partial charge is 0.338 e. The summed E-state index contributed by atoms with van der Waals surface area (Å²) in [7, 11) is 1.34. The Bertz CT molecular complexity index is 1020. The highest BCUT2D eigenvalue weighted by atomic mass is 16.6. The number of hydrogen-bond donors (Lipinski definition) is 1. The molecular weight excluding hydrogens is 360 g/mol. The molecule has 0 aliphatic carbocycles. The minimum atomic E-state index is -0.453. The Morgan fingerprint density at radius 1 is 1.18 bits per heavy atom. The lowest BCUT2D eigenvalue weighted by Crippen LogP contribution is -2.07. The fourth-order valence-electron chi connectivity index (χ4n) is 2.80. The van der Waals surface area contributed by atoms with Gasteiger partial charge in [-0.1, -0.05) is 24.3 Å². The average Bonchev–Trinajstić information content (AvgIpc) is 2.71. The molecule has 3 rings (SSSR count). The van der Waals surface area contributed by atoms with Gasteiger partial charge in [0.25, 0.3) is 0 Å². The summed E-state index contributed by atoms with van der Waals surface area (Å²) in [4.78, 5) is 31.2. The van der Waals surface area contributed by atoms with Crippen molar-refractivity contribution in [3.8, 4) is 11.1 Å². The van der Waals surface area contributed by atoms with Crippen LogP contribution in [-0.2, 0) is 11.3 Å². The van der Waals surface area contributed by atoms with Gasteiger partial charge in [-0.15, -0.1) is 0 Å². The van der Waals surface area contributed by atoms with E-state index in [1.807, 2.05) is 18.2 Å². The number of aryl methyl sites for hydroxylation is 1. The largest absolute Gasteiger partial charge is 0.465 e. The number of esters is 1. The first-order chi connectivity index (χ1) is 13.5. The van der Waals surface area contributed by atoms with E-state index in [9.17, 15) is 14.9 Å². The van der Waals surface area contributed by atoms with Crippen molar-refractivity contribution in [3.05, 3.63) is 81.8 Å². The van der Waals surface area contributed by atoms with E-state index in [0.29, 0.717) is 16.8 Å². The number of anilines is 1. The molecule has 0 atom stereocenters. The molecule has 0 unspecified atom stereocenters. The van der Waals surface area contributed by atoms with Crippen molar-refractivity contribution in [2.45, 2.75) is 13.5 Å². The molecule has 0 fully saturated rings. The van der Waals surface area contributed by atoms with Crippen LogP contribution in [0.1, 0.15) is 21.6 Å². The van der Waals surface area contributed by atoms with Crippen LogP contribution < -0.4 is 5.32 Å². The standard InChI is InChI=1S/C20H18N4O4/c1-13-9-10-21-19(18(13)24(26)27)23-12-15-8-7-14(11-22-15)16-5-3-4-6-17(16)20(25)28-2/h3-11H,12H2,1-2H3,(H,21,23). The Labute approximate surface area is 161 Å². The summed E-state index contributed by atoms with van der Waals surface area (Å²) in [5.74, 6) is -0.217. The van der Waals surface area contributed by atoms with E-state index in [0.717, 1.165) is 11.1 Å². The molecule has 28 heavy (non-hydrogen) atoms. The number of hydrogen-bond acceptors (Lipinski definition) is 7. The maximum atomic E-state index is 11.9. The molecule has 0 radical (unpaired) electrons. The number of aromatic nitrogens is 2. The third kappa shape index (κ3) is 3.96. The van der Waals surface area contributed by atoms with Gasteiger partial charge in [-0.05, 0) is 30.7 Å². The highest BCUT2D eigenvalue weighted by Gasteiger charge is 2.18. The van der Waals surface area contributed by atoms with E-state index in [1.165, 1.54) is 13.3 Å². The number of carbonyl (C=O) groups excluding carboxylic acids is 1. The monoisotopic (exact) mass is 378 g/mol. The third-order valence-electron chi connectivity index (χ3n) is 4.21. The van der Waals surface area contributed by atoms with Crippen LogP contribution in [0.4, 0.5) is 11.5 Å². The number of nitrogens with zero attached hydrogens (tertiary/aromatic N) is 3. The molecule has 0 saturated heterocycles. The van der Waals surface area contributed by atoms with Crippen LogP contribution in [0.15, 0.2) is 54.9 Å². The van der Waals surface area contributed by atoms with Crippen LogP contribution in [0.5, 0.6) is 0 Å². The van der Waals surface area contributed by atoms with Gasteiger partial charge in [0.1, 0.15) is 0 Å². The molecule has 0 aliphatic heterocycles. The molecule has 142 valence electrons. The first kappa shape index (κ1) is 19.0. The summed E-state index contributed by atoms with van der Waals surface area (Å²) >= 11 is 0.